The number of methoxy groups -OCH3 is 1. The molecule has 0 spiro atoms. The molecule has 9 heteroatoms. The average molecular weight is 429 g/mol. The molecular formula is C21H24N4O4S. The lowest BCUT2D eigenvalue weighted by Crippen LogP contribution is -2.28. The van der Waals surface area contributed by atoms with E-state index >= 15 is 0 Å². The molecule has 1 aliphatic heterocycles. The number of rotatable bonds is 7. The molecule has 0 saturated carbocycles. The normalized spacial score (nSPS) is 14.8. The van der Waals surface area contributed by atoms with Crippen molar-refractivity contribution in [2.75, 3.05) is 26.7 Å². The van der Waals surface area contributed by atoms with Gasteiger partial charge in [-0.2, -0.15) is 4.31 Å². The van der Waals surface area contributed by atoms with Crippen molar-refractivity contribution in [3.05, 3.63) is 60.0 Å². The third kappa shape index (κ3) is 4.03. The summed E-state index contributed by atoms with van der Waals surface area (Å²) < 4.78 is 33.8. The topological polar surface area (TPSA) is 93.0 Å². The van der Waals surface area contributed by atoms with Gasteiger partial charge in [0.05, 0.1) is 17.7 Å². The predicted molar refractivity (Wildman–Crippen MR) is 112 cm³/mol. The maximum atomic E-state index is 12.6. The Morgan fingerprint density at radius 3 is 2.60 bits per heavy atom. The largest absolute Gasteiger partial charge is 0.493 e. The van der Waals surface area contributed by atoms with E-state index in [1.54, 1.807) is 19.2 Å². The van der Waals surface area contributed by atoms with E-state index in [2.05, 4.69) is 10.3 Å². The molecule has 2 aromatic heterocycles. The van der Waals surface area contributed by atoms with Crippen molar-refractivity contribution in [1.29, 1.82) is 0 Å². The Morgan fingerprint density at radius 1 is 1.17 bits per heavy atom. The van der Waals surface area contributed by atoms with Gasteiger partial charge in [-0.05, 0) is 49.2 Å². The quantitative estimate of drug-likeness (QED) is 0.622. The van der Waals surface area contributed by atoms with Crippen LogP contribution in [0.1, 0.15) is 28.9 Å². The second kappa shape index (κ2) is 8.45. The van der Waals surface area contributed by atoms with E-state index in [4.69, 9.17) is 4.74 Å². The van der Waals surface area contributed by atoms with Crippen LogP contribution >= 0.6 is 0 Å². The van der Waals surface area contributed by atoms with E-state index in [0.717, 1.165) is 24.2 Å². The van der Waals surface area contributed by atoms with Crippen LogP contribution < -0.4 is 10.1 Å². The number of carbonyl (C=O) groups is 1. The monoisotopic (exact) mass is 428 g/mol. The molecule has 1 aliphatic rings. The van der Waals surface area contributed by atoms with Crippen LogP contribution in [0.25, 0.3) is 5.65 Å². The fourth-order valence-electron chi connectivity index (χ4n) is 3.58. The van der Waals surface area contributed by atoms with Gasteiger partial charge in [-0.1, -0.05) is 0 Å². The molecule has 4 rings (SSSR count). The second-order valence-electron chi connectivity index (χ2n) is 7.18. The van der Waals surface area contributed by atoms with Gasteiger partial charge in [0, 0.05) is 44.0 Å². The van der Waals surface area contributed by atoms with Crippen LogP contribution in [0.2, 0.25) is 0 Å². The highest BCUT2D eigenvalue weighted by Gasteiger charge is 2.27. The van der Waals surface area contributed by atoms with E-state index in [1.165, 1.54) is 16.4 Å². The number of imidazole rings is 1. The number of amides is 1. The number of ether oxygens (including phenoxy) is 1. The molecule has 1 aromatic carbocycles. The number of sulfonamides is 1. The van der Waals surface area contributed by atoms with Crippen molar-refractivity contribution in [3.63, 3.8) is 0 Å². The minimum absolute atomic E-state index is 0.222. The smallest absolute Gasteiger partial charge is 0.251 e. The first kappa shape index (κ1) is 20.4. The van der Waals surface area contributed by atoms with E-state index in [0.29, 0.717) is 37.4 Å². The summed E-state index contributed by atoms with van der Waals surface area (Å²) >= 11 is 0. The summed E-state index contributed by atoms with van der Waals surface area (Å²) in [6, 6.07) is 9.82. The first-order chi connectivity index (χ1) is 14.5. The third-order valence-corrected chi connectivity index (χ3v) is 7.12. The van der Waals surface area contributed by atoms with Gasteiger partial charge in [0.25, 0.3) is 5.91 Å². The number of hydrogen-bond donors (Lipinski definition) is 1. The van der Waals surface area contributed by atoms with Crippen molar-refractivity contribution >= 4 is 21.6 Å². The van der Waals surface area contributed by atoms with Crippen LogP contribution in [0.15, 0.2) is 53.7 Å². The lowest BCUT2D eigenvalue weighted by molar-refractivity contribution is 0.0954. The predicted octanol–water partition coefficient (Wildman–Crippen LogP) is 2.10. The lowest BCUT2D eigenvalue weighted by Gasteiger charge is -2.15. The zero-order valence-corrected chi connectivity index (χ0v) is 17.6. The summed E-state index contributed by atoms with van der Waals surface area (Å²) in [5, 5.41) is 2.85. The number of carbonyl (C=O) groups excluding carboxylic acids is 1. The molecule has 0 atom stereocenters. The van der Waals surface area contributed by atoms with Gasteiger partial charge < -0.3 is 14.5 Å². The maximum absolute atomic E-state index is 12.6. The van der Waals surface area contributed by atoms with Gasteiger partial charge in [0.2, 0.25) is 10.0 Å². The molecular weight excluding hydrogens is 404 g/mol. The van der Waals surface area contributed by atoms with E-state index in [9.17, 15) is 13.2 Å². The first-order valence-electron chi connectivity index (χ1n) is 9.88. The SMILES string of the molecule is COc1cccn2cc(CCNC(=O)c3ccc(S(=O)(=O)N4CCCC4)cc3)nc12. The minimum atomic E-state index is -3.47. The zero-order chi connectivity index (χ0) is 21.1. The standard InChI is InChI=1S/C21H24N4O4S/c1-29-19-5-4-12-24-15-17(23-20(19)24)10-11-22-21(26)16-6-8-18(9-7-16)30(27,28)25-13-2-3-14-25/h4-9,12,15H,2-3,10-11,13-14H2,1H3,(H,22,26). The number of nitrogens with one attached hydrogen (secondary N) is 1. The van der Waals surface area contributed by atoms with Gasteiger partial charge in [-0.3, -0.25) is 4.79 Å². The molecule has 1 N–H and O–H groups in total. The summed E-state index contributed by atoms with van der Waals surface area (Å²) in [5.41, 5.74) is 2.00. The fraction of sp³-hybridized carbons (Fsp3) is 0.333. The molecule has 30 heavy (non-hydrogen) atoms. The molecule has 0 radical (unpaired) electrons. The van der Waals surface area contributed by atoms with E-state index < -0.39 is 10.0 Å². The molecule has 3 heterocycles. The summed E-state index contributed by atoms with van der Waals surface area (Å²) in [4.78, 5) is 17.2. The van der Waals surface area contributed by atoms with Gasteiger partial charge in [0.15, 0.2) is 11.4 Å². The number of nitrogens with zero attached hydrogens (tertiary/aromatic N) is 3. The Morgan fingerprint density at radius 2 is 1.90 bits per heavy atom. The Bertz CT molecular complexity index is 1150. The van der Waals surface area contributed by atoms with E-state index in [-0.39, 0.29) is 10.8 Å². The van der Waals surface area contributed by atoms with Crippen molar-refractivity contribution in [3.8, 4) is 5.75 Å². The lowest BCUT2D eigenvalue weighted by atomic mass is 10.2. The van der Waals surface area contributed by atoms with Crippen LogP contribution in [0.5, 0.6) is 5.75 Å². The molecule has 1 saturated heterocycles. The molecule has 1 amide bonds. The van der Waals surface area contributed by atoms with Gasteiger partial charge in [-0.25, -0.2) is 13.4 Å². The Hall–Kier alpha value is -2.91. The van der Waals surface area contributed by atoms with Crippen molar-refractivity contribution in [1.82, 2.24) is 19.0 Å². The summed E-state index contributed by atoms with van der Waals surface area (Å²) in [5.74, 6) is 0.443. The Labute approximate surface area is 175 Å². The number of hydrogen-bond acceptors (Lipinski definition) is 5. The molecule has 8 nitrogen and oxygen atoms in total. The number of aromatic nitrogens is 2. The minimum Gasteiger partial charge on any atom is -0.493 e. The summed E-state index contributed by atoms with van der Waals surface area (Å²) in [7, 11) is -1.87. The van der Waals surface area contributed by atoms with Gasteiger partial charge in [-0.15, -0.1) is 0 Å². The van der Waals surface area contributed by atoms with Crippen LogP contribution in [-0.2, 0) is 16.4 Å². The second-order valence-corrected chi connectivity index (χ2v) is 9.12. The van der Waals surface area contributed by atoms with Gasteiger partial charge in [0.1, 0.15) is 0 Å². The Kier molecular flexibility index (Phi) is 5.74. The molecule has 3 aromatic rings. The van der Waals surface area contributed by atoms with Crippen molar-refractivity contribution in [2.24, 2.45) is 0 Å². The van der Waals surface area contributed by atoms with Crippen LogP contribution in [0.3, 0.4) is 0 Å². The number of benzene rings is 1. The van der Waals surface area contributed by atoms with Crippen molar-refractivity contribution in [2.45, 2.75) is 24.2 Å². The van der Waals surface area contributed by atoms with E-state index in [1.807, 2.05) is 28.9 Å². The first-order valence-corrected chi connectivity index (χ1v) is 11.3. The van der Waals surface area contributed by atoms with Crippen molar-refractivity contribution < 1.29 is 17.9 Å². The number of pyridine rings is 1. The molecule has 0 aliphatic carbocycles. The maximum Gasteiger partial charge on any atom is 0.251 e. The average Bonchev–Trinajstić information content (AvgIpc) is 3.43. The zero-order valence-electron chi connectivity index (χ0n) is 16.7. The van der Waals surface area contributed by atoms with Gasteiger partial charge >= 0.3 is 0 Å². The van der Waals surface area contributed by atoms with Crippen LogP contribution in [0, 0.1) is 0 Å². The molecule has 0 unspecified atom stereocenters. The fourth-order valence-corrected chi connectivity index (χ4v) is 5.10. The van der Waals surface area contributed by atoms with Crippen LogP contribution in [-0.4, -0.2) is 54.8 Å². The molecule has 158 valence electrons. The molecule has 0 bridgehead atoms. The highest BCUT2D eigenvalue weighted by Crippen LogP contribution is 2.21. The van der Waals surface area contributed by atoms with Crippen LogP contribution in [0.4, 0.5) is 0 Å². The highest BCUT2D eigenvalue weighted by molar-refractivity contribution is 7.89. The summed E-state index contributed by atoms with van der Waals surface area (Å²) in [6.07, 6.45) is 6.14. The molecule has 1 fully saturated rings. The number of fused-ring (bicyclic) bond motifs is 1. The summed E-state index contributed by atoms with van der Waals surface area (Å²) in [6.45, 7) is 1.53. The highest BCUT2D eigenvalue weighted by atomic mass is 32.2. The third-order valence-electron chi connectivity index (χ3n) is 5.20. The Balaban J connectivity index is 1.36.